The number of hydrogen-bond acceptors (Lipinski definition) is 2. The Labute approximate surface area is 141 Å². The van der Waals surface area contributed by atoms with Crippen molar-refractivity contribution in [1.29, 1.82) is 0 Å². The van der Waals surface area contributed by atoms with Gasteiger partial charge in [0.25, 0.3) is 0 Å². The number of hydrogen-bond donors (Lipinski definition) is 0. The van der Waals surface area contributed by atoms with Gasteiger partial charge in [-0.3, -0.25) is 9.69 Å². The quantitative estimate of drug-likeness (QED) is 0.578. The maximum atomic E-state index is 7.44. The van der Waals surface area contributed by atoms with Crippen molar-refractivity contribution in [3.63, 3.8) is 0 Å². The van der Waals surface area contributed by atoms with Crippen molar-refractivity contribution < 1.29 is 9.47 Å². The molecule has 0 spiro atoms. The summed E-state index contributed by atoms with van der Waals surface area (Å²) in [5.74, 6) is 1.31. The number of rotatable bonds is 5. The predicted molar refractivity (Wildman–Crippen MR) is 95.1 cm³/mol. The molecule has 0 atom stereocenters. The summed E-state index contributed by atoms with van der Waals surface area (Å²) in [5.41, 5.74) is 2.00. The minimum atomic E-state index is 0.250. The van der Waals surface area contributed by atoms with Crippen LogP contribution in [0.5, 0.6) is 11.5 Å². The molecule has 0 saturated carbocycles. The van der Waals surface area contributed by atoms with Crippen LogP contribution in [0.3, 0.4) is 0 Å². The van der Waals surface area contributed by atoms with Crippen LogP contribution in [0.4, 0.5) is 0 Å². The van der Waals surface area contributed by atoms with Crippen LogP contribution in [0.2, 0.25) is 0 Å². The van der Waals surface area contributed by atoms with Gasteiger partial charge in [-0.05, 0) is 12.1 Å². The molecule has 2 aromatic rings. The number of ether oxygens (including phenoxy) is 2. The highest BCUT2D eigenvalue weighted by Gasteiger charge is 2.09. The largest absolute Gasteiger partial charge is 0.496 e. The summed E-state index contributed by atoms with van der Waals surface area (Å²) in [6, 6.07) is 14.7. The van der Waals surface area contributed by atoms with E-state index in [1.165, 1.54) is 0 Å². The molecule has 0 fully saturated rings. The van der Waals surface area contributed by atoms with Crippen LogP contribution in [0.25, 0.3) is 21.8 Å². The van der Waals surface area contributed by atoms with Gasteiger partial charge in [-0.2, -0.15) is 0 Å². The smallest absolute Gasteiger partial charge is 0.195 e. The van der Waals surface area contributed by atoms with Crippen molar-refractivity contribution >= 4 is 12.2 Å². The second-order valence-corrected chi connectivity index (χ2v) is 4.77. The van der Waals surface area contributed by atoms with Crippen molar-refractivity contribution in [1.82, 2.24) is 0 Å². The lowest BCUT2D eigenvalue weighted by Gasteiger charge is -2.06. The second kappa shape index (κ2) is 8.22. The van der Waals surface area contributed by atoms with Gasteiger partial charge in [0.2, 0.25) is 0 Å². The topological polar surface area (TPSA) is 27.2 Å². The van der Waals surface area contributed by atoms with Gasteiger partial charge < -0.3 is 9.47 Å². The molecular formula is C20H16N2O2. The molecule has 2 aromatic carbocycles. The Morgan fingerprint density at radius 1 is 0.750 bits per heavy atom. The molecule has 0 aliphatic rings. The third-order valence-electron chi connectivity index (χ3n) is 3.37. The van der Waals surface area contributed by atoms with Gasteiger partial charge in [0.05, 0.1) is 27.4 Å². The van der Waals surface area contributed by atoms with Crippen LogP contribution < -0.4 is 9.47 Å². The summed E-state index contributed by atoms with van der Waals surface area (Å²) in [6.45, 7) is 14.9. The van der Waals surface area contributed by atoms with E-state index in [-0.39, 0.29) is 11.4 Å². The van der Waals surface area contributed by atoms with E-state index in [1.807, 2.05) is 48.5 Å². The third-order valence-corrected chi connectivity index (χ3v) is 3.37. The highest BCUT2D eigenvalue weighted by molar-refractivity contribution is 5.73. The van der Waals surface area contributed by atoms with Gasteiger partial charge in [0, 0.05) is 11.1 Å². The minimum absolute atomic E-state index is 0.250. The first-order valence-electron chi connectivity index (χ1n) is 7.18. The van der Waals surface area contributed by atoms with E-state index in [0.29, 0.717) is 11.5 Å². The molecule has 0 bridgehead atoms. The molecule has 0 aliphatic heterocycles. The summed E-state index contributed by atoms with van der Waals surface area (Å²) >= 11 is 0. The highest BCUT2D eigenvalue weighted by Crippen LogP contribution is 2.27. The van der Waals surface area contributed by atoms with Crippen molar-refractivity contribution in [2.24, 2.45) is 0 Å². The second-order valence-electron chi connectivity index (χ2n) is 4.77. The average Bonchev–Trinajstić information content (AvgIpc) is 2.65. The van der Waals surface area contributed by atoms with Crippen molar-refractivity contribution in [2.75, 3.05) is 14.2 Å². The van der Waals surface area contributed by atoms with Crippen LogP contribution in [-0.2, 0) is 0 Å². The first-order valence-corrected chi connectivity index (χ1v) is 7.18. The van der Waals surface area contributed by atoms with E-state index >= 15 is 0 Å². The van der Waals surface area contributed by atoms with E-state index in [4.69, 9.17) is 22.6 Å². The molecule has 0 aliphatic carbocycles. The van der Waals surface area contributed by atoms with Crippen molar-refractivity contribution in [3.05, 3.63) is 93.9 Å². The zero-order valence-corrected chi connectivity index (χ0v) is 13.5. The fourth-order valence-corrected chi connectivity index (χ4v) is 2.19. The van der Waals surface area contributed by atoms with Gasteiger partial charge in [-0.1, -0.05) is 48.6 Å². The normalized spacial score (nSPS) is 11.3. The Bertz CT molecular complexity index is 794. The van der Waals surface area contributed by atoms with E-state index in [2.05, 4.69) is 9.69 Å². The average molecular weight is 316 g/mol. The van der Waals surface area contributed by atoms with E-state index in [1.54, 1.807) is 26.4 Å². The van der Waals surface area contributed by atoms with Crippen molar-refractivity contribution in [2.45, 2.75) is 0 Å². The van der Waals surface area contributed by atoms with Gasteiger partial charge in [-0.25, -0.2) is 0 Å². The van der Waals surface area contributed by atoms with E-state index in [9.17, 15) is 0 Å². The Balaban J connectivity index is 2.52. The molecule has 0 heterocycles. The van der Waals surface area contributed by atoms with Crippen LogP contribution in [0.15, 0.2) is 59.9 Å². The Morgan fingerprint density at radius 2 is 1.12 bits per heavy atom. The number of para-hydroxylation sites is 2. The van der Waals surface area contributed by atoms with Crippen LogP contribution in [0.1, 0.15) is 11.1 Å². The van der Waals surface area contributed by atoms with E-state index in [0.717, 1.165) is 11.1 Å². The standard InChI is InChI=1S/C20H16N2O2/c1-21-17(13-15-9-5-7-11-19(15)23-3)18(22-2)14-16-10-6-8-12-20(16)24-4/h5-14H,3-4H3/b17-13+,18-14+. The molecule has 2 rings (SSSR count). The lowest BCUT2D eigenvalue weighted by Crippen LogP contribution is -1.89. The molecule has 24 heavy (non-hydrogen) atoms. The van der Waals surface area contributed by atoms with Crippen LogP contribution >= 0.6 is 0 Å². The zero-order chi connectivity index (χ0) is 17.4. The Morgan fingerprint density at radius 3 is 1.46 bits per heavy atom. The summed E-state index contributed by atoms with van der Waals surface area (Å²) in [4.78, 5) is 7.03. The molecule has 118 valence electrons. The molecule has 0 radical (unpaired) electrons. The summed E-state index contributed by atoms with van der Waals surface area (Å²) in [6.07, 6.45) is 3.32. The lowest BCUT2D eigenvalue weighted by atomic mass is 10.1. The number of methoxy groups -OCH3 is 2. The maximum Gasteiger partial charge on any atom is 0.195 e. The molecule has 0 amide bonds. The van der Waals surface area contributed by atoms with Crippen LogP contribution in [0, 0.1) is 13.1 Å². The summed E-state index contributed by atoms with van der Waals surface area (Å²) < 4.78 is 10.6. The molecule has 4 nitrogen and oxygen atoms in total. The SMILES string of the molecule is [C-]#[N+]C(=C/c1ccccc1OC)/C(=C\c1ccccc1OC)[N+]#[C-]. The zero-order valence-electron chi connectivity index (χ0n) is 13.5. The number of benzene rings is 2. The maximum absolute atomic E-state index is 7.44. The molecule has 0 aromatic heterocycles. The Hall–Kier alpha value is -3.50. The first-order chi connectivity index (χ1) is 11.7. The first kappa shape index (κ1) is 16.9. The van der Waals surface area contributed by atoms with E-state index < -0.39 is 0 Å². The van der Waals surface area contributed by atoms with Gasteiger partial charge in [0.1, 0.15) is 11.5 Å². The van der Waals surface area contributed by atoms with Crippen LogP contribution in [-0.4, -0.2) is 14.2 Å². The predicted octanol–water partition coefficient (Wildman–Crippen LogP) is 4.92. The monoisotopic (exact) mass is 316 g/mol. The molecule has 4 heteroatoms. The molecule has 0 unspecified atom stereocenters. The molecule has 0 saturated heterocycles. The van der Waals surface area contributed by atoms with Gasteiger partial charge in [0.15, 0.2) is 11.4 Å². The fourth-order valence-electron chi connectivity index (χ4n) is 2.19. The molecular weight excluding hydrogens is 300 g/mol. The Kier molecular flexibility index (Phi) is 5.77. The van der Waals surface area contributed by atoms with Gasteiger partial charge in [-0.15, -0.1) is 0 Å². The van der Waals surface area contributed by atoms with Gasteiger partial charge >= 0.3 is 0 Å². The number of nitrogens with zero attached hydrogens (tertiary/aromatic N) is 2. The molecule has 0 N–H and O–H groups in total. The lowest BCUT2D eigenvalue weighted by molar-refractivity contribution is 0.413. The summed E-state index contributed by atoms with van der Waals surface area (Å²) in [5, 5.41) is 0. The highest BCUT2D eigenvalue weighted by atomic mass is 16.5. The summed E-state index contributed by atoms with van der Waals surface area (Å²) in [7, 11) is 3.15. The third kappa shape index (κ3) is 3.82. The fraction of sp³-hybridized carbons (Fsp3) is 0.100. The minimum Gasteiger partial charge on any atom is -0.496 e. The van der Waals surface area contributed by atoms with Crippen molar-refractivity contribution in [3.8, 4) is 11.5 Å².